The van der Waals surface area contributed by atoms with Gasteiger partial charge in [-0.2, -0.15) is 0 Å². The summed E-state index contributed by atoms with van der Waals surface area (Å²) in [5, 5.41) is 5.64. The molecule has 0 atom stereocenters. The second kappa shape index (κ2) is 12.0. The summed E-state index contributed by atoms with van der Waals surface area (Å²) in [6, 6.07) is 17.1. The van der Waals surface area contributed by atoms with Crippen LogP contribution in [0.1, 0.15) is 5.89 Å². The number of hydrogen-bond donors (Lipinski definition) is 2. The number of likely N-dealkylation sites (N-methyl/N-ethyl adjacent to an activating group) is 1. The van der Waals surface area contributed by atoms with E-state index < -0.39 is 0 Å². The van der Waals surface area contributed by atoms with E-state index in [0.29, 0.717) is 30.6 Å². The number of para-hydroxylation sites is 1. The fourth-order valence-electron chi connectivity index (χ4n) is 2.69. The zero-order valence-corrected chi connectivity index (χ0v) is 18.7. The number of thioether (sulfide) groups is 1. The molecule has 3 rings (SSSR count). The normalized spacial score (nSPS) is 10.8. The Balaban J connectivity index is 1.40. The van der Waals surface area contributed by atoms with Crippen molar-refractivity contribution in [3.05, 3.63) is 66.7 Å². The highest BCUT2D eigenvalue weighted by atomic mass is 32.2. The quantitative estimate of drug-likeness (QED) is 0.432. The molecule has 0 saturated carbocycles. The molecule has 3 aromatic rings. The molecule has 0 radical (unpaired) electrons. The van der Waals surface area contributed by atoms with Gasteiger partial charge in [0.2, 0.25) is 5.89 Å². The molecule has 2 aromatic carbocycles. The molecule has 2 N–H and O–H groups in total. The number of aromatic nitrogens is 1. The van der Waals surface area contributed by atoms with E-state index >= 15 is 0 Å². The number of nitrogens with zero attached hydrogens (tertiary/aromatic N) is 2. The van der Waals surface area contributed by atoms with Crippen molar-refractivity contribution in [2.75, 3.05) is 44.9 Å². The summed E-state index contributed by atoms with van der Waals surface area (Å²) < 4.78 is 11.5. The van der Waals surface area contributed by atoms with Gasteiger partial charge in [0.25, 0.3) is 0 Å². The van der Waals surface area contributed by atoms with Crippen LogP contribution in [-0.4, -0.2) is 55.5 Å². The van der Waals surface area contributed by atoms with Crippen LogP contribution in [0.15, 0.2) is 65.2 Å². The summed E-state index contributed by atoms with van der Waals surface area (Å²) in [4.78, 5) is 18.3. The summed E-state index contributed by atoms with van der Waals surface area (Å²) in [5.41, 5.74) is 1.63. The molecule has 0 unspecified atom stereocenters. The first-order valence-electron chi connectivity index (χ1n) is 10.1. The van der Waals surface area contributed by atoms with Crippen molar-refractivity contribution < 1.29 is 13.9 Å². The predicted molar refractivity (Wildman–Crippen MR) is 126 cm³/mol. The van der Waals surface area contributed by atoms with Gasteiger partial charge in [-0.05, 0) is 50.5 Å². The Kier molecular flexibility index (Phi) is 8.81. The molecule has 1 heterocycles. The minimum Gasteiger partial charge on any atom is -0.493 e. The molecule has 0 aliphatic heterocycles. The molecule has 7 nitrogen and oxygen atoms in total. The van der Waals surface area contributed by atoms with Crippen molar-refractivity contribution in [3.8, 4) is 17.1 Å². The number of hydrogen-bond acceptors (Lipinski definition) is 6. The van der Waals surface area contributed by atoms with Crippen LogP contribution in [0.25, 0.3) is 11.3 Å². The summed E-state index contributed by atoms with van der Waals surface area (Å²) in [6.45, 7) is 2.02. The lowest BCUT2D eigenvalue weighted by atomic mass is 10.2. The maximum Gasteiger partial charge on any atom is 0.319 e. The first kappa shape index (κ1) is 22.7. The van der Waals surface area contributed by atoms with Crippen LogP contribution in [-0.2, 0) is 5.75 Å². The van der Waals surface area contributed by atoms with Crippen molar-refractivity contribution in [1.29, 1.82) is 0 Å². The summed E-state index contributed by atoms with van der Waals surface area (Å²) in [6.07, 6.45) is 1.73. The number of nitrogens with one attached hydrogen (secondary N) is 2. The van der Waals surface area contributed by atoms with Crippen LogP contribution in [0, 0.1) is 0 Å². The van der Waals surface area contributed by atoms with E-state index in [9.17, 15) is 4.79 Å². The van der Waals surface area contributed by atoms with Gasteiger partial charge in [-0.15, -0.1) is 11.8 Å². The smallest absolute Gasteiger partial charge is 0.319 e. The average molecular weight is 441 g/mol. The molecule has 8 heteroatoms. The lowest BCUT2D eigenvalue weighted by Gasteiger charge is -2.11. The van der Waals surface area contributed by atoms with Gasteiger partial charge in [0.05, 0.1) is 18.6 Å². The zero-order valence-electron chi connectivity index (χ0n) is 17.8. The Bertz CT molecular complexity index is 930. The van der Waals surface area contributed by atoms with Gasteiger partial charge < -0.3 is 24.7 Å². The Morgan fingerprint density at radius 3 is 2.65 bits per heavy atom. The number of benzene rings is 2. The van der Waals surface area contributed by atoms with Crippen molar-refractivity contribution in [1.82, 2.24) is 15.2 Å². The van der Waals surface area contributed by atoms with Crippen LogP contribution < -0.4 is 15.4 Å². The first-order chi connectivity index (χ1) is 15.1. The third-order valence-corrected chi connectivity index (χ3v) is 5.20. The number of carbonyl (C=O) groups excluding carboxylic acids is 1. The van der Waals surface area contributed by atoms with Gasteiger partial charge in [0.1, 0.15) is 5.75 Å². The third-order valence-electron chi connectivity index (χ3n) is 4.29. The molecule has 2 amide bonds. The van der Waals surface area contributed by atoms with Crippen LogP contribution >= 0.6 is 11.8 Å². The fourth-order valence-corrected chi connectivity index (χ4v) is 3.34. The second-order valence-electron chi connectivity index (χ2n) is 7.09. The lowest BCUT2D eigenvalue weighted by molar-refractivity contribution is 0.250. The summed E-state index contributed by atoms with van der Waals surface area (Å²) >= 11 is 1.71. The van der Waals surface area contributed by atoms with Gasteiger partial charge >= 0.3 is 6.03 Å². The number of carbonyl (C=O) groups is 1. The second-order valence-corrected chi connectivity index (χ2v) is 8.20. The number of urea groups is 1. The van der Waals surface area contributed by atoms with Gasteiger partial charge in [0, 0.05) is 30.1 Å². The molecule has 0 aliphatic rings. The Morgan fingerprint density at radius 2 is 1.90 bits per heavy atom. The van der Waals surface area contributed by atoms with Crippen LogP contribution in [0.2, 0.25) is 0 Å². The topological polar surface area (TPSA) is 79.6 Å². The van der Waals surface area contributed by atoms with Gasteiger partial charge in [-0.25, -0.2) is 9.78 Å². The molecule has 0 spiro atoms. The van der Waals surface area contributed by atoms with Crippen molar-refractivity contribution in [2.24, 2.45) is 0 Å². The number of amides is 2. The van der Waals surface area contributed by atoms with E-state index in [1.54, 1.807) is 18.0 Å². The fraction of sp³-hybridized carbons (Fsp3) is 0.304. The zero-order chi connectivity index (χ0) is 21.9. The predicted octanol–water partition coefficient (Wildman–Crippen LogP) is 4.34. The average Bonchev–Trinajstić information content (AvgIpc) is 3.23. The summed E-state index contributed by atoms with van der Waals surface area (Å²) in [7, 11) is 3.93. The van der Waals surface area contributed by atoms with E-state index in [1.807, 2.05) is 73.6 Å². The highest BCUT2D eigenvalue weighted by molar-refractivity contribution is 7.98. The van der Waals surface area contributed by atoms with Crippen molar-refractivity contribution in [3.63, 3.8) is 0 Å². The van der Waals surface area contributed by atoms with Crippen LogP contribution in [0.4, 0.5) is 10.5 Å². The van der Waals surface area contributed by atoms with Crippen molar-refractivity contribution in [2.45, 2.75) is 5.75 Å². The third kappa shape index (κ3) is 7.99. The molecule has 0 saturated heterocycles. The SMILES string of the molecule is CN(C)CCNC(=O)Nc1ccc(-c2cnc(CSCCOc3ccccc3)o2)cc1. The molecule has 1 aromatic heterocycles. The Hall–Kier alpha value is -2.97. The van der Waals surface area contributed by atoms with Crippen LogP contribution in [0.3, 0.4) is 0 Å². The minimum absolute atomic E-state index is 0.218. The maximum atomic E-state index is 11.9. The summed E-state index contributed by atoms with van der Waals surface area (Å²) in [5.74, 6) is 3.81. The Morgan fingerprint density at radius 1 is 1.13 bits per heavy atom. The molecule has 164 valence electrons. The number of rotatable bonds is 11. The number of ether oxygens (including phenoxy) is 1. The number of oxazole rings is 1. The maximum absolute atomic E-state index is 11.9. The highest BCUT2D eigenvalue weighted by Crippen LogP contribution is 2.24. The molecular formula is C23H28N4O3S. The van der Waals surface area contributed by atoms with E-state index in [1.165, 1.54) is 0 Å². The molecule has 31 heavy (non-hydrogen) atoms. The lowest BCUT2D eigenvalue weighted by Crippen LogP contribution is -2.34. The van der Waals surface area contributed by atoms with E-state index in [0.717, 1.165) is 29.3 Å². The van der Waals surface area contributed by atoms with Crippen LogP contribution in [0.5, 0.6) is 5.75 Å². The van der Waals surface area contributed by atoms with E-state index in [4.69, 9.17) is 9.15 Å². The Labute approximate surface area is 187 Å². The largest absolute Gasteiger partial charge is 0.493 e. The van der Waals surface area contributed by atoms with Gasteiger partial charge in [-0.1, -0.05) is 18.2 Å². The standard InChI is InChI=1S/C23H28N4O3S/c1-27(2)13-12-24-23(28)26-19-10-8-18(9-11-19)21-16-25-22(30-21)17-31-15-14-29-20-6-4-3-5-7-20/h3-11,16H,12-15,17H2,1-2H3,(H2,24,26,28). The monoisotopic (exact) mass is 440 g/mol. The number of anilines is 1. The first-order valence-corrected chi connectivity index (χ1v) is 11.3. The minimum atomic E-state index is -0.218. The van der Waals surface area contributed by atoms with Gasteiger partial charge in [0.15, 0.2) is 5.76 Å². The van der Waals surface area contributed by atoms with E-state index in [2.05, 4.69) is 15.6 Å². The highest BCUT2D eigenvalue weighted by Gasteiger charge is 2.08. The molecule has 0 fully saturated rings. The molecular weight excluding hydrogens is 412 g/mol. The van der Waals surface area contributed by atoms with Gasteiger partial charge in [-0.3, -0.25) is 0 Å². The van der Waals surface area contributed by atoms with Crippen molar-refractivity contribution >= 4 is 23.5 Å². The molecule has 0 aliphatic carbocycles. The molecule has 0 bridgehead atoms. The van der Waals surface area contributed by atoms with E-state index in [-0.39, 0.29) is 6.03 Å².